The van der Waals surface area contributed by atoms with Gasteiger partial charge in [0.1, 0.15) is 0 Å². The van der Waals surface area contributed by atoms with Gasteiger partial charge in [0.2, 0.25) is 0 Å². The zero-order chi connectivity index (χ0) is 9.26. The van der Waals surface area contributed by atoms with Crippen LogP contribution in [0.3, 0.4) is 0 Å². The van der Waals surface area contributed by atoms with Crippen LogP contribution in [0.1, 0.15) is 12.8 Å². The first-order valence-corrected chi connectivity index (χ1v) is 5.33. The van der Waals surface area contributed by atoms with E-state index in [1.54, 1.807) is 0 Å². The Bertz CT molecular complexity index is 160. The summed E-state index contributed by atoms with van der Waals surface area (Å²) in [5.74, 6) is 0.889. The van der Waals surface area contributed by atoms with Gasteiger partial charge in [-0.15, -0.1) is 0 Å². The highest BCUT2D eigenvalue weighted by Gasteiger charge is 2.26. The summed E-state index contributed by atoms with van der Waals surface area (Å²) in [5.41, 5.74) is 0. The molecule has 2 saturated heterocycles. The van der Waals surface area contributed by atoms with Gasteiger partial charge in [0.15, 0.2) is 0 Å². The lowest BCUT2D eigenvalue weighted by Gasteiger charge is -2.40. The Labute approximate surface area is 80.3 Å². The topological polar surface area (TPSA) is 26.7 Å². The first-order valence-electron chi connectivity index (χ1n) is 5.33. The van der Waals surface area contributed by atoms with Gasteiger partial charge < -0.3 is 14.9 Å². The van der Waals surface area contributed by atoms with Crippen molar-refractivity contribution in [1.82, 2.24) is 9.80 Å². The molecule has 0 aromatic rings. The molecule has 1 N–H and O–H groups in total. The molecule has 0 aliphatic carbocycles. The average molecular weight is 184 g/mol. The fraction of sp³-hybridized carbons (Fsp3) is 1.00. The standard InChI is InChI=1S/C10H20N2O/c1-11-6-9(7-11)8-12-4-2-10(13)3-5-12/h9-10,13H,2-8H2,1H3. The SMILES string of the molecule is CN1CC(CN2CCC(O)CC2)C1. The molecule has 3 heteroatoms. The molecule has 0 atom stereocenters. The smallest absolute Gasteiger partial charge is 0.0564 e. The van der Waals surface area contributed by atoms with Crippen molar-refractivity contribution < 1.29 is 5.11 Å². The fourth-order valence-electron chi connectivity index (χ4n) is 2.41. The van der Waals surface area contributed by atoms with Crippen molar-refractivity contribution in [3.05, 3.63) is 0 Å². The number of hydrogen-bond donors (Lipinski definition) is 1. The van der Waals surface area contributed by atoms with E-state index in [-0.39, 0.29) is 6.10 Å². The zero-order valence-corrected chi connectivity index (χ0v) is 8.45. The number of piperidine rings is 1. The minimum Gasteiger partial charge on any atom is -0.393 e. The predicted molar refractivity (Wildman–Crippen MR) is 52.7 cm³/mol. The molecule has 0 saturated carbocycles. The summed E-state index contributed by atoms with van der Waals surface area (Å²) in [7, 11) is 2.18. The van der Waals surface area contributed by atoms with Gasteiger partial charge in [0, 0.05) is 32.7 Å². The molecule has 3 nitrogen and oxygen atoms in total. The van der Waals surface area contributed by atoms with Crippen LogP contribution in [0.2, 0.25) is 0 Å². The second kappa shape index (κ2) is 3.95. The Kier molecular flexibility index (Phi) is 2.86. The van der Waals surface area contributed by atoms with E-state index < -0.39 is 0 Å². The van der Waals surface area contributed by atoms with E-state index in [9.17, 15) is 5.11 Å². The van der Waals surface area contributed by atoms with Gasteiger partial charge in [-0.3, -0.25) is 0 Å². The minimum absolute atomic E-state index is 0.0275. The summed E-state index contributed by atoms with van der Waals surface area (Å²) in [6.45, 7) is 5.97. The van der Waals surface area contributed by atoms with Crippen LogP contribution in [0, 0.1) is 5.92 Å². The molecule has 0 aromatic carbocycles. The van der Waals surface area contributed by atoms with Crippen LogP contribution < -0.4 is 0 Å². The summed E-state index contributed by atoms with van der Waals surface area (Å²) in [4.78, 5) is 4.87. The molecule has 0 radical (unpaired) electrons. The first-order chi connectivity index (χ1) is 6.24. The lowest BCUT2D eigenvalue weighted by atomic mass is 9.99. The van der Waals surface area contributed by atoms with Crippen molar-refractivity contribution in [3.8, 4) is 0 Å². The van der Waals surface area contributed by atoms with Crippen LogP contribution in [0.4, 0.5) is 0 Å². The van der Waals surface area contributed by atoms with Gasteiger partial charge in [-0.1, -0.05) is 0 Å². The largest absolute Gasteiger partial charge is 0.393 e. The molecular formula is C10H20N2O. The zero-order valence-electron chi connectivity index (χ0n) is 8.45. The summed E-state index contributed by atoms with van der Waals surface area (Å²) in [5, 5.41) is 9.34. The van der Waals surface area contributed by atoms with Crippen molar-refractivity contribution >= 4 is 0 Å². The molecule has 13 heavy (non-hydrogen) atoms. The number of aliphatic hydroxyl groups is 1. The van der Waals surface area contributed by atoms with E-state index in [4.69, 9.17) is 0 Å². The Morgan fingerprint density at radius 3 is 2.38 bits per heavy atom. The Morgan fingerprint density at radius 2 is 1.85 bits per heavy atom. The maximum Gasteiger partial charge on any atom is 0.0564 e. The lowest BCUT2D eigenvalue weighted by molar-refractivity contribution is 0.0451. The van der Waals surface area contributed by atoms with Crippen LogP contribution in [0.15, 0.2) is 0 Å². The highest BCUT2D eigenvalue weighted by Crippen LogP contribution is 2.17. The fourth-order valence-corrected chi connectivity index (χ4v) is 2.41. The van der Waals surface area contributed by atoms with E-state index >= 15 is 0 Å². The summed E-state index contributed by atoms with van der Waals surface area (Å²) < 4.78 is 0. The van der Waals surface area contributed by atoms with Gasteiger partial charge in [0.05, 0.1) is 6.10 Å². The molecule has 0 unspecified atom stereocenters. The normalized spacial score (nSPS) is 29.1. The molecule has 0 amide bonds. The summed E-state index contributed by atoms with van der Waals surface area (Å²) in [6, 6.07) is 0. The Hall–Kier alpha value is -0.120. The van der Waals surface area contributed by atoms with Gasteiger partial charge in [-0.25, -0.2) is 0 Å². The molecule has 0 aromatic heterocycles. The quantitative estimate of drug-likeness (QED) is 0.654. The van der Waals surface area contributed by atoms with E-state index in [0.717, 1.165) is 31.8 Å². The van der Waals surface area contributed by atoms with E-state index in [0.29, 0.717) is 0 Å². The highest BCUT2D eigenvalue weighted by molar-refractivity contribution is 4.81. The number of nitrogens with zero attached hydrogens (tertiary/aromatic N) is 2. The maximum absolute atomic E-state index is 9.34. The van der Waals surface area contributed by atoms with Gasteiger partial charge in [0.25, 0.3) is 0 Å². The molecule has 0 spiro atoms. The molecular weight excluding hydrogens is 164 g/mol. The number of aliphatic hydroxyl groups excluding tert-OH is 1. The number of hydrogen-bond acceptors (Lipinski definition) is 3. The van der Waals surface area contributed by atoms with Crippen LogP contribution in [-0.4, -0.2) is 60.8 Å². The van der Waals surface area contributed by atoms with Crippen LogP contribution in [0.5, 0.6) is 0 Å². The second-order valence-corrected chi connectivity index (χ2v) is 4.62. The molecule has 2 heterocycles. The van der Waals surface area contributed by atoms with Crippen molar-refractivity contribution in [1.29, 1.82) is 0 Å². The number of rotatable bonds is 2. The first kappa shape index (κ1) is 9.44. The predicted octanol–water partition coefficient (Wildman–Crippen LogP) is 0.00470. The van der Waals surface area contributed by atoms with E-state index in [1.165, 1.54) is 19.6 Å². The van der Waals surface area contributed by atoms with Crippen molar-refractivity contribution in [2.45, 2.75) is 18.9 Å². The third-order valence-corrected chi connectivity index (χ3v) is 3.21. The molecule has 2 aliphatic rings. The third-order valence-electron chi connectivity index (χ3n) is 3.21. The lowest BCUT2D eigenvalue weighted by Crippen LogP contribution is -2.50. The van der Waals surface area contributed by atoms with Crippen molar-refractivity contribution in [3.63, 3.8) is 0 Å². The molecule has 2 rings (SSSR count). The van der Waals surface area contributed by atoms with Crippen molar-refractivity contribution in [2.24, 2.45) is 5.92 Å². The van der Waals surface area contributed by atoms with Crippen LogP contribution >= 0.6 is 0 Å². The third kappa shape index (κ3) is 2.42. The van der Waals surface area contributed by atoms with Crippen molar-refractivity contribution in [2.75, 3.05) is 39.8 Å². The van der Waals surface area contributed by atoms with Gasteiger partial charge in [-0.2, -0.15) is 0 Å². The van der Waals surface area contributed by atoms with Gasteiger partial charge >= 0.3 is 0 Å². The van der Waals surface area contributed by atoms with E-state index in [2.05, 4.69) is 16.8 Å². The molecule has 0 bridgehead atoms. The van der Waals surface area contributed by atoms with E-state index in [1.807, 2.05) is 0 Å². The summed E-state index contributed by atoms with van der Waals surface area (Å²) >= 11 is 0. The maximum atomic E-state index is 9.34. The highest BCUT2D eigenvalue weighted by atomic mass is 16.3. The van der Waals surface area contributed by atoms with Crippen LogP contribution in [0.25, 0.3) is 0 Å². The molecule has 76 valence electrons. The minimum atomic E-state index is -0.0275. The Balaban J connectivity index is 1.65. The second-order valence-electron chi connectivity index (χ2n) is 4.62. The van der Waals surface area contributed by atoms with Crippen LogP contribution in [-0.2, 0) is 0 Å². The summed E-state index contributed by atoms with van der Waals surface area (Å²) in [6.07, 6.45) is 1.92. The average Bonchev–Trinajstić information content (AvgIpc) is 2.06. The van der Waals surface area contributed by atoms with Gasteiger partial charge in [-0.05, 0) is 25.8 Å². The number of likely N-dealkylation sites (tertiary alicyclic amines) is 2. The molecule has 2 fully saturated rings. The molecule has 2 aliphatic heterocycles. The monoisotopic (exact) mass is 184 g/mol. The Morgan fingerprint density at radius 1 is 1.23 bits per heavy atom.